The Bertz CT molecular complexity index is 1210. The normalized spacial score (nSPS) is 29.9. The molecule has 5 unspecified atom stereocenters. The first-order chi connectivity index (χ1) is 18.5. The molecule has 200 valence electrons. The highest BCUT2D eigenvalue weighted by atomic mass is 16.5. The highest BCUT2D eigenvalue weighted by molar-refractivity contribution is 5.69. The SMILES string of the molecule is CCCC1=C2C(c3ccc(/C=C/Cc4ccc(OC)cc4)cc3)CC3(C)C(C)CCC3C2CC/C1=C/C=O. The van der Waals surface area contributed by atoms with Gasteiger partial charge in [-0.1, -0.05) is 81.3 Å². The molecule has 0 aliphatic heterocycles. The third-order valence-corrected chi connectivity index (χ3v) is 10.2. The second-order valence-electron chi connectivity index (χ2n) is 12.1. The summed E-state index contributed by atoms with van der Waals surface area (Å²) < 4.78 is 5.27. The first kappa shape index (κ1) is 26.7. The van der Waals surface area contributed by atoms with Gasteiger partial charge in [-0.25, -0.2) is 0 Å². The second kappa shape index (κ2) is 11.5. The molecule has 2 fully saturated rings. The molecule has 3 aliphatic rings. The lowest BCUT2D eigenvalue weighted by Crippen LogP contribution is -2.42. The van der Waals surface area contributed by atoms with Crippen molar-refractivity contribution in [2.75, 3.05) is 7.11 Å². The van der Waals surface area contributed by atoms with Gasteiger partial charge in [0.2, 0.25) is 0 Å². The van der Waals surface area contributed by atoms with Crippen LogP contribution in [-0.4, -0.2) is 13.4 Å². The van der Waals surface area contributed by atoms with Crippen LogP contribution in [0.3, 0.4) is 0 Å². The Hall–Kier alpha value is -2.87. The topological polar surface area (TPSA) is 26.3 Å². The number of aldehydes is 1. The standard InChI is InChI=1S/C36H44O2/c1-5-7-31-29(22-23-37)17-20-32-34-21-10-25(2)36(34,3)24-33(35(31)32)28-15-11-26(12-16-28)8-6-9-27-13-18-30(38-4)19-14-27/h6,8,11-16,18-19,22-23,25,32-34H,5,7,9-10,17,20-21,24H2,1-4H3/b8-6+,29-22-. The van der Waals surface area contributed by atoms with Crippen molar-refractivity contribution >= 4 is 12.4 Å². The summed E-state index contributed by atoms with van der Waals surface area (Å²) in [6.07, 6.45) is 16.7. The number of rotatable bonds is 8. The van der Waals surface area contributed by atoms with E-state index in [0.717, 1.165) is 49.6 Å². The van der Waals surface area contributed by atoms with Crippen LogP contribution in [0.15, 0.2) is 77.4 Å². The van der Waals surface area contributed by atoms with Gasteiger partial charge in [-0.3, -0.25) is 4.79 Å². The predicted octanol–water partition coefficient (Wildman–Crippen LogP) is 9.12. The largest absolute Gasteiger partial charge is 0.497 e. The minimum Gasteiger partial charge on any atom is -0.497 e. The van der Waals surface area contributed by atoms with E-state index in [4.69, 9.17) is 4.74 Å². The molecule has 0 spiro atoms. The number of hydrogen-bond donors (Lipinski definition) is 0. The first-order valence-corrected chi connectivity index (χ1v) is 14.8. The summed E-state index contributed by atoms with van der Waals surface area (Å²) in [6.45, 7) is 7.37. The fraction of sp³-hybridized carbons (Fsp3) is 0.472. The predicted molar refractivity (Wildman–Crippen MR) is 158 cm³/mol. The molecule has 0 amide bonds. The molecular weight excluding hydrogens is 464 g/mol. The van der Waals surface area contributed by atoms with Crippen LogP contribution in [-0.2, 0) is 11.2 Å². The van der Waals surface area contributed by atoms with E-state index < -0.39 is 0 Å². The van der Waals surface area contributed by atoms with Crippen LogP contribution in [0.2, 0.25) is 0 Å². The molecule has 2 aromatic rings. The number of ether oxygens (including phenoxy) is 1. The summed E-state index contributed by atoms with van der Waals surface area (Å²) in [6, 6.07) is 17.7. The van der Waals surface area contributed by atoms with Gasteiger partial charge >= 0.3 is 0 Å². The summed E-state index contributed by atoms with van der Waals surface area (Å²) in [5.74, 6) is 3.58. The number of allylic oxidation sites excluding steroid dienone is 5. The second-order valence-corrected chi connectivity index (χ2v) is 12.1. The van der Waals surface area contributed by atoms with Crippen LogP contribution in [0, 0.1) is 23.2 Å². The smallest absolute Gasteiger partial charge is 0.143 e. The molecule has 5 rings (SSSR count). The molecule has 0 heterocycles. The van der Waals surface area contributed by atoms with Crippen LogP contribution < -0.4 is 4.74 Å². The van der Waals surface area contributed by atoms with Gasteiger partial charge in [-0.05, 0) is 114 Å². The minimum absolute atomic E-state index is 0.402. The number of fused-ring (bicyclic) bond motifs is 3. The average Bonchev–Trinajstić information content (AvgIpc) is 3.24. The fourth-order valence-electron chi connectivity index (χ4n) is 7.98. The van der Waals surface area contributed by atoms with Crippen LogP contribution in [0.1, 0.15) is 88.3 Å². The van der Waals surface area contributed by atoms with Gasteiger partial charge in [-0.2, -0.15) is 0 Å². The Kier molecular flexibility index (Phi) is 8.07. The lowest BCUT2D eigenvalue weighted by molar-refractivity contribution is -0.104. The quantitative estimate of drug-likeness (QED) is 0.262. The molecule has 5 atom stereocenters. The summed E-state index contributed by atoms with van der Waals surface area (Å²) in [7, 11) is 1.70. The maximum atomic E-state index is 11.5. The van der Waals surface area contributed by atoms with E-state index >= 15 is 0 Å². The van der Waals surface area contributed by atoms with Crippen molar-refractivity contribution in [3.05, 3.63) is 94.1 Å². The number of methoxy groups -OCH3 is 1. The van der Waals surface area contributed by atoms with Gasteiger partial charge in [-0.15, -0.1) is 0 Å². The number of carbonyl (C=O) groups is 1. The fourth-order valence-corrected chi connectivity index (χ4v) is 7.98. The van der Waals surface area contributed by atoms with Crippen LogP contribution in [0.25, 0.3) is 6.08 Å². The molecule has 3 aliphatic carbocycles. The van der Waals surface area contributed by atoms with Crippen molar-refractivity contribution < 1.29 is 9.53 Å². The van der Waals surface area contributed by atoms with Crippen molar-refractivity contribution in [1.82, 2.24) is 0 Å². The van der Waals surface area contributed by atoms with E-state index in [1.807, 2.05) is 18.2 Å². The molecule has 0 bridgehead atoms. The minimum atomic E-state index is 0.402. The van der Waals surface area contributed by atoms with Crippen molar-refractivity contribution in [3.8, 4) is 5.75 Å². The third kappa shape index (κ3) is 5.07. The van der Waals surface area contributed by atoms with Crippen molar-refractivity contribution in [2.45, 2.75) is 78.1 Å². The zero-order valence-corrected chi connectivity index (χ0v) is 23.7. The molecule has 0 radical (unpaired) electrons. The Morgan fingerprint density at radius 2 is 1.79 bits per heavy atom. The molecule has 2 aromatic carbocycles. The van der Waals surface area contributed by atoms with Gasteiger partial charge in [0, 0.05) is 5.92 Å². The van der Waals surface area contributed by atoms with E-state index in [1.165, 1.54) is 53.5 Å². The summed E-state index contributed by atoms with van der Waals surface area (Å²) in [4.78, 5) is 11.5. The lowest BCUT2D eigenvalue weighted by atomic mass is 9.52. The first-order valence-electron chi connectivity index (χ1n) is 14.8. The Labute approximate surface area is 229 Å². The summed E-state index contributed by atoms with van der Waals surface area (Å²) >= 11 is 0. The highest BCUT2D eigenvalue weighted by Gasteiger charge is 2.54. The molecular formula is C36H44O2. The molecule has 2 saturated carbocycles. The van der Waals surface area contributed by atoms with Gasteiger partial charge in [0.1, 0.15) is 12.0 Å². The summed E-state index contributed by atoms with van der Waals surface area (Å²) in [5.41, 5.74) is 8.91. The summed E-state index contributed by atoms with van der Waals surface area (Å²) in [5, 5.41) is 0. The van der Waals surface area contributed by atoms with Gasteiger partial charge in [0.25, 0.3) is 0 Å². The number of hydrogen-bond acceptors (Lipinski definition) is 2. The van der Waals surface area contributed by atoms with Crippen molar-refractivity contribution in [3.63, 3.8) is 0 Å². The van der Waals surface area contributed by atoms with E-state index in [-0.39, 0.29) is 0 Å². The van der Waals surface area contributed by atoms with Crippen molar-refractivity contribution in [2.24, 2.45) is 23.2 Å². The molecule has 0 aromatic heterocycles. The molecule has 2 heteroatoms. The van der Waals surface area contributed by atoms with E-state index in [9.17, 15) is 4.79 Å². The van der Waals surface area contributed by atoms with Gasteiger partial charge < -0.3 is 4.74 Å². The molecule has 2 nitrogen and oxygen atoms in total. The maximum absolute atomic E-state index is 11.5. The molecule has 0 saturated heterocycles. The van der Waals surface area contributed by atoms with Gasteiger partial charge in [0.15, 0.2) is 0 Å². The van der Waals surface area contributed by atoms with E-state index in [2.05, 4.69) is 69.3 Å². The Morgan fingerprint density at radius 1 is 1.03 bits per heavy atom. The van der Waals surface area contributed by atoms with Crippen LogP contribution >= 0.6 is 0 Å². The zero-order chi connectivity index (χ0) is 26.7. The lowest BCUT2D eigenvalue weighted by Gasteiger charge is -2.52. The average molecular weight is 509 g/mol. The Balaban J connectivity index is 1.44. The third-order valence-electron chi connectivity index (χ3n) is 10.2. The van der Waals surface area contributed by atoms with Gasteiger partial charge in [0.05, 0.1) is 7.11 Å². The van der Waals surface area contributed by atoms with E-state index in [0.29, 0.717) is 17.3 Å². The molecule has 38 heavy (non-hydrogen) atoms. The van der Waals surface area contributed by atoms with Crippen molar-refractivity contribution in [1.29, 1.82) is 0 Å². The highest BCUT2D eigenvalue weighted by Crippen LogP contribution is 2.65. The van der Waals surface area contributed by atoms with Crippen LogP contribution in [0.5, 0.6) is 5.75 Å². The monoisotopic (exact) mass is 508 g/mol. The zero-order valence-electron chi connectivity index (χ0n) is 23.7. The van der Waals surface area contributed by atoms with Crippen LogP contribution in [0.4, 0.5) is 0 Å². The van der Waals surface area contributed by atoms with E-state index in [1.54, 1.807) is 12.7 Å². The number of carbonyl (C=O) groups excluding carboxylic acids is 1. The molecule has 0 N–H and O–H groups in total. The number of benzene rings is 2. The maximum Gasteiger partial charge on any atom is 0.143 e. The Morgan fingerprint density at radius 3 is 2.47 bits per heavy atom.